The molecule has 1 atom stereocenters. The average Bonchev–Trinajstić information content (AvgIpc) is 2.65. The highest BCUT2D eigenvalue weighted by atomic mass is 79.9. The van der Waals surface area contributed by atoms with Gasteiger partial charge in [0.2, 0.25) is 0 Å². The van der Waals surface area contributed by atoms with Crippen molar-refractivity contribution in [3.8, 4) is 0 Å². The standard InChI is InChI=1S/C11H17BrN2S/c1-9(14-4-2-13-3-5-14)6-11-7-10(12)8-15-11/h7-9,13H,2-6H2,1H3. The van der Waals surface area contributed by atoms with E-state index < -0.39 is 0 Å². The van der Waals surface area contributed by atoms with Gasteiger partial charge in [-0.05, 0) is 35.3 Å². The van der Waals surface area contributed by atoms with E-state index in [0.29, 0.717) is 6.04 Å². The largest absolute Gasteiger partial charge is 0.314 e. The molecule has 0 spiro atoms. The SMILES string of the molecule is CC(Cc1cc(Br)cs1)N1CCNCC1. The second kappa shape index (κ2) is 5.43. The highest BCUT2D eigenvalue weighted by Gasteiger charge is 2.16. The molecule has 0 aromatic carbocycles. The molecule has 2 nitrogen and oxygen atoms in total. The Labute approximate surface area is 104 Å². The summed E-state index contributed by atoms with van der Waals surface area (Å²) in [6.45, 7) is 6.98. The van der Waals surface area contributed by atoms with Gasteiger partial charge in [0, 0.05) is 47.0 Å². The fourth-order valence-corrected chi connectivity index (χ4v) is 3.58. The van der Waals surface area contributed by atoms with Crippen LogP contribution in [0, 0.1) is 0 Å². The highest BCUT2D eigenvalue weighted by Crippen LogP contribution is 2.22. The van der Waals surface area contributed by atoms with Gasteiger partial charge in [-0.3, -0.25) is 4.90 Å². The molecule has 1 N–H and O–H groups in total. The van der Waals surface area contributed by atoms with Crippen LogP contribution in [0.25, 0.3) is 0 Å². The van der Waals surface area contributed by atoms with Crippen molar-refractivity contribution in [1.29, 1.82) is 0 Å². The molecule has 15 heavy (non-hydrogen) atoms. The van der Waals surface area contributed by atoms with Crippen molar-refractivity contribution in [3.05, 3.63) is 20.8 Å². The summed E-state index contributed by atoms with van der Waals surface area (Å²) >= 11 is 5.36. The molecule has 0 saturated carbocycles. The topological polar surface area (TPSA) is 15.3 Å². The normalized spacial score (nSPS) is 20.4. The Morgan fingerprint density at radius 2 is 2.27 bits per heavy atom. The summed E-state index contributed by atoms with van der Waals surface area (Å²) in [7, 11) is 0. The molecule has 84 valence electrons. The van der Waals surface area contributed by atoms with Crippen molar-refractivity contribution in [2.75, 3.05) is 26.2 Å². The number of nitrogens with zero attached hydrogens (tertiary/aromatic N) is 1. The molecule has 1 aromatic heterocycles. The van der Waals surface area contributed by atoms with Crippen LogP contribution in [0.1, 0.15) is 11.8 Å². The van der Waals surface area contributed by atoms with Crippen LogP contribution in [0.15, 0.2) is 15.9 Å². The van der Waals surface area contributed by atoms with Gasteiger partial charge in [-0.25, -0.2) is 0 Å². The van der Waals surface area contributed by atoms with Crippen LogP contribution >= 0.6 is 27.3 Å². The Balaban J connectivity index is 1.88. The Morgan fingerprint density at radius 1 is 1.53 bits per heavy atom. The zero-order valence-corrected chi connectivity index (χ0v) is 11.4. The van der Waals surface area contributed by atoms with E-state index in [1.807, 2.05) is 11.3 Å². The van der Waals surface area contributed by atoms with Gasteiger partial charge < -0.3 is 5.32 Å². The van der Waals surface area contributed by atoms with Crippen molar-refractivity contribution < 1.29 is 0 Å². The van der Waals surface area contributed by atoms with Gasteiger partial charge in [0.25, 0.3) is 0 Å². The maximum absolute atomic E-state index is 3.50. The van der Waals surface area contributed by atoms with Crippen LogP contribution in [0.2, 0.25) is 0 Å². The number of hydrogen-bond acceptors (Lipinski definition) is 3. The van der Waals surface area contributed by atoms with Gasteiger partial charge in [-0.1, -0.05) is 0 Å². The van der Waals surface area contributed by atoms with E-state index in [2.05, 4.69) is 44.5 Å². The number of rotatable bonds is 3. The van der Waals surface area contributed by atoms with Crippen LogP contribution in [0.3, 0.4) is 0 Å². The summed E-state index contributed by atoms with van der Waals surface area (Å²) in [4.78, 5) is 4.05. The number of nitrogens with one attached hydrogen (secondary N) is 1. The van der Waals surface area contributed by atoms with Crippen LogP contribution in [-0.4, -0.2) is 37.1 Å². The molecule has 0 aliphatic carbocycles. The predicted molar refractivity (Wildman–Crippen MR) is 69.6 cm³/mol. The summed E-state index contributed by atoms with van der Waals surface area (Å²) in [5, 5.41) is 5.56. The van der Waals surface area contributed by atoms with E-state index in [4.69, 9.17) is 0 Å². The second-order valence-electron chi connectivity index (χ2n) is 4.07. The van der Waals surface area contributed by atoms with Crippen molar-refractivity contribution in [3.63, 3.8) is 0 Å². The number of halogens is 1. The molecular weight excluding hydrogens is 272 g/mol. The fraction of sp³-hybridized carbons (Fsp3) is 0.636. The minimum Gasteiger partial charge on any atom is -0.314 e. The lowest BCUT2D eigenvalue weighted by Crippen LogP contribution is -2.48. The monoisotopic (exact) mass is 288 g/mol. The van der Waals surface area contributed by atoms with Crippen LogP contribution in [0.5, 0.6) is 0 Å². The maximum Gasteiger partial charge on any atom is 0.0285 e. The Morgan fingerprint density at radius 3 is 2.87 bits per heavy atom. The van der Waals surface area contributed by atoms with Crippen molar-refractivity contribution in [2.24, 2.45) is 0 Å². The molecule has 2 heterocycles. The first-order valence-corrected chi connectivity index (χ1v) is 7.10. The van der Waals surface area contributed by atoms with Crippen LogP contribution < -0.4 is 5.32 Å². The van der Waals surface area contributed by atoms with Gasteiger partial charge in [0.15, 0.2) is 0 Å². The molecule has 0 bridgehead atoms. The molecule has 1 unspecified atom stereocenters. The van der Waals surface area contributed by atoms with E-state index in [1.165, 1.54) is 28.9 Å². The van der Waals surface area contributed by atoms with E-state index in [1.54, 1.807) is 0 Å². The Bertz CT molecular complexity index is 307. The predicted octanol–water partition coefficient (Wildman–Crippen LogP) is 2.35. The summed E-state index contributed by atoms with van der Waals surface area (Å²) in [6.07, 6.45) is 1.18. The summed E-state index contributed by atoms with van der Waals surface area (Å²) in [6, 6.07) is 2.90. The third-order valence-corrected chi connectivity index (χ3v) is 4.61. The molecule has 1 aromatic rings. The summed E-state index contributed by atoms with van der Waals surface area (Å²) in [5.74, 6) is 0. The molecule has 1 aliphatic heterocycles. The van der Waals surface area contributed by atoms with E-state index in [-0.39, 0.29) is 0 Å². The second-order valence-corrected chi connectivity index (χ2v) is 5.98. The van der Waals surface area contributed by atoms with E-state index in [0.717, 1.165) is 13.1 Å². The van der Waals surface area contributed by atoms with E-state index in [9.17, 15) is 0 Å². The minimum absolute atomic E-state index is 0.664. The van der Waals surface area contributed by atoms with Crippen LogP contribution in [-0.2, 0) is 6.42 Å². The molecule has 1 fully saturated rings. The highest BCUT2D eigenvalue weighted by molar-refractivity contribution is 9.10. The third kappa shape index (κ3) is 3.28. The van der Waals surface area contributed by atoms with Gasteiger partial charge in [0.05, 0.1) is 0 Å². The van der Waals surface area contributed by atoms with Gasteiger partial charge >= 0.3 is 0 Å². The molecule has 4 heteroatoms. The summed E-state index contributed by atoms with van der Waals surface area (Å²) < 4.78 is 1.22. The zero-order valence-electron chi connectivity index (χ0n) is 9.00. The third-order valence-electron chi connectivity index (χ3n) is 2.89. The van der Waals surface area contributed by atoms with Gasteiger partial charge in [0.1, 0.15) is 0 Å². The molecule has 1 saturated heterocycles. The van der Waals surface area contributed by atoms with E-state index >= 15 is 0 Å². The molecule has 1 aliphatic rings. The zero-order chi connectivity index (χ0) is 10.7. The smallest absolute Gasteiger partial charge is 0.0285 e. The quantitative estimate of drug-likeness (QED) is 0.919. The average molecular weight is 289 g/mol. The number of hydrogen-bond donors (Lipinski definition) is 1. The van der Waals surface area contributed by atoms with Gasteiger partial charge in [-0.15, -0.1) is 11.3 Å². The Hall–Kier alpha value is 0.1000. The first-order valence-electron chi connectivity index (χ1n) is 5.43. The van der Waals surface area contributed by atoms with Crippen molar-refractivity contribution >= 4 is 27.3 Å². The fourth-order valence-electron chi connectivity index (χ4n) is 2.00. The molecule has 2 rings (SSSR count). The minimum atomic E-state index is 0.664. The van der Waals surface area contributed by atoms with Crippen molar-refractivity contribution in [1.82, 2.24) is 10.2 Å². The van der Waals surface area contributed by atoms with Gasteiger partial charge in [-0.2, -0.15) is 0 Å². The summed E-state index contributed by atoms with van der Waals surface area (Å²) in [5.41, 5.74) is 0. The lowest BCUT2D eigenvalue weighted by Gasteiger charge is -2.32. The number of piperazine rings is 1. The lowest BCUT2D eigenvalue weighted by molar-refractivity contribution is 0.184. The number of thiophene rings is 1. The molecule has 0 radical (unpaired) electrons. The first kappa shape index (κ1) is 11.6. The first-order chi connectivity index (χ1) is 7.25. The lowest BCUT2D eigenvalue weighted by atomic mass is 10.1. The molecular formula is C11H17BrN2S. The Kier molecular flexibility index (Phi) is 4.20. The van der Waals surface area contributed by atoms with Crippen LogP contribution in [0.4, 0.5) is 0 Å². The molecule has 0 amide bonds. The maximum atomic E-state index is 3.50. The van der Waals surface area contributed by atoms with Crippen molar-refractivity contribution in [2.45, 2.75) is 19.4 Å².